The Morgan fingerprint density at radius 2 is 1.73 bits per heavy atom. The van der Waals surface area contributed by atoms with Gasteiger partial charge in [-0.2, -0.15) is 13.2 Å². The Labute approximate surface area is 232 Å². The van der Waals surface area contributed by atoms with Crippen LogP contribution in [0.3, 0.4) is 0 Å². The lowest BCUT2D eigenvalue weighted by Crippen LogP contribution is -2.53. The Hall–Kier alpha value is -2.68. The van der Waals surface area contributed by atoms with E-state index < -0.39 is 23.2 Å². The summed E-state index contributed by atoms with van der Waals surface area (Å²) in [7, 11) is 0. The van der Waals surface area contributed by atoms with Gasteiger partial charge in [-0.1, -0.05) is 19.4 Å². The van der Waals surface area contributed by atoms with Gasteiger partial charge in [0.05, 0.1) is 17.6 Å². The first-order valence-corrected chi connectivity index (χ1v) is 14.4. The molecule has 1 atom stereocenters. The van der Waals surface area contributed by atoms with E-state index in [1.165, 1.54) is 24.3 Å². The zero-order chi connectivity index (χ0) is 28.5. The molecule has 1 unspecified atom stereocenters. The van der Waals surface area contributed by atoms with Crippen LogP contribution in [0.4, 0.5) is 22.0 Å². The van der Waals surface area contributed by atoms with Crippen molar-refractivity contribution in [3.05, 3.63) is 53.6 Å². The SMILES string of the molecule is CCC1CCCN1C(=O)c1ccc(-c2ccc(OCC3CCN(CC4(C(F)(F)F)CCC4)CC3)cc2F)cc1F. The zero-order valence-corrected chi connectivity index (χ0v) is 22.9. The van der Waals surface area contributed by atoms with Crippen molar-refractivity contribution in [3.8, 4) is 16.9 Å². The molecule has 3 fully saturated rings. The number of hydrogen-bond donors (Lipinski definition) is 0. The summed E-state index contributed by atoms with van der Waals surface area (Å²) in [5.74, 6) is -1.03. The summed E-state index contributed by atoms with van der Waals surface area (Å²) in [6, 6.07) is 8.74. The molecule has 0 radical (unpaired) electrons. The van der Waals surface area contributed by atoms with Crippen molar-refractivity contribution in [2.24, 2.45) is 11.3 Å². The predicted octanol–water partition coefficient (Wildman–Crippen LogP) is 7.47. The highest BCUT2D eigenvalue weighted by Gasteiger charge is 2.58. The number of halogens is 5. The third-order valence-electron chi connectivity index (χ3n) is 9.19. The summed E-state index contributed by atoms with van der Waals surface area (Å²) < 4.78 is 76.3. The van der Waals surface area contributed by atoms with Crippen LogP contribution in [-0.2, 0) is 0 Å². The van der Waals surface area contributed by atoms with Crippen LogP contribution in [0.15, 0.2) is 36.4 Å². The van der Waals surface area contributed by atoms with Gasteiger partial charge in [-0.05, 0) is 93.8 Å². The summed E-state index contributed by atoms with van der Waals surface area (Å²) in [4.78, 5) is 16.5. The molecule has 40 heavy (non-hydrogen) atoms. The van der Waals surface area contributed by atoms with Gasteiger partial charge in [-0.3, -0.25) is 4.79 Å². The van der Waals surface area contributed by atoms with Gasteiger partial charge in [0.2, 0.25) is 0 Å². The van der Waals surface area contributed by atoms with Gasteiger partial charge < -0.3 is 14.5 Å². The van der Waals surface area contributed by atoms with Gasteiger partial charge >= 0.3 is 6.18 Å². The van der Waals surface area contributed by atoms with E-state index in [0.717, 1.165) is 32.1 Å². The fourth-order valence-corrected chi connectivity index (χ4v) is 6.45. The largest absolute Gasteiger partial charge is 0.493 e. The van der Waals surface area contributed by atoms with Crippen molar-refractivity contribution in [2.75, 3.05) is 32.8 Å². The number of piperidine rings is 1. The Bertz CT molecular complexity index is 1200. The van der Waals surface area contributed by atoms with E-state index in [1.54, 1.807) is 17.0 Å². The zero-order valence-electron chi connectivity index (χ0n) is 22.9. The molecule has 1 amide bonds. The number of amides is 1. The molecule has 0 bridgehead atoms. The van der Waals surface area contributed by atoms with Gasteiger partial charge in [-0.25, -0.2) is 8.78 Å². The molecule has 0 N–H and O–H groups in total. The molecule has 1 aliphatic carbocycles. The molecule has 5 rings (SSSR count). The lowest BCUT2D eigenvalue weighted by Gasteiger charge is -2.47. The van der Waals surface area contributed by atoms with Crippen molar-refractivity contribution < 1.29 is 31.5 Å². The van der Waals surface area contributed by atoms with E-state index >= 15 is 4.39 Å². The average molecular weight is 565 g/mol. The first kappa shape index (κ1) is 28.8. The van der Waals surface area contributed by atoms with E-state index in [9.17, 15) is 22.4 Å². The fraction of sp³-hybridized carbons (Fsp3) is 0.581. The van der Waals surface area contributed by atoms with Crippen LogP contribution < -0.4 is 4.74 Å². The first-order valence-electron chi connectivity index (χ1n) is 14.4. The van der Waals surface area contributed by atoms with Crippen LogP contribution in [-0.4, -0.2) is 60.7 Å². The maximum Gasteiger partial charge on any atom is 0.395 e. The summed E-state index contributed by atoms with van der Waals surface area (Å²) in [5, 5.41) is 0. The highest BCUT2D eigenvalue weighted by Crippen LogP contribution is 2.53. The third kappa shape index (κ3) is 5.85. The molecule has 2 saturated heterocycles. The number of benzene rings is 2. The second kappa shape index (κ2) is 11.7. The maximum atomic E-state index is 15.0. The standard InChI is InChI=1S/C31H37F5N2O2/c1-2-23-5-3-14-38(23)29(39)26-8-6-22(17-27(26)32)25-9-7-24(18-28(25)33)40-19-21-10-15-37(16-11-21)20-30(12-4-13-30)31(34,35)36/h6-9,17-18,21,23H,2-5,10-16,19-20H2,1H3. The van der Waals surface area contributed by atoms with Crippen molar-refractivity contribution in [1.29, 1.82) is 0 Å². The molecule has 2 aromatic carbocycles. The molecular formula is C31H37F5N2O2. The molecule has 2 aromatic rings. The number of carbonyl (C=O) groups is 1. The van der Waals surface area contributed by atoms with Crippen molar-refractivity contribution in [2.45, 2.75) is 70.5 Å². The quantitative estimate of drug-likeness (QED) is 0.312. The van der Waals surface area contributed by atoms with E-state index in [-0.39, 0.29) is 48.4 Å². The average Bonchev–Trinajstić information content (AvgIpc) is 3.38. The minimum atomic E-state index is -4.15. The van der Waals surface area contributed by atoms with Gasteiger partial charge in [0.15, 0.2) is 0 Å². The predicted molar refractivity (Wildman–Crippen MR) is 143 cm³/mol. The molecule has 0 aromatic heterocycles. The Morgan fingerprint density at radius 3 is 2.33 bits per heavy atom. The van der Waals surface area contributed by atoms with Crippen molar-refractivity contribution in [1.82, 2.24) is 9.80 Å². The second-order valence-electron chi connectivity index (χ2n) is 11.7. The maximum absolute atomic E-state index is 15.0. The molecular weight excluding hydrogens is 527 g/mol. The van der Waals surface area contributed by atoms with Crippen molar-refractivity contribution >= 4 is 5.91 Å². The molecule has 4 nitrogen and oxygen atoms in total. The van der Waals surface area contributed by atoms with Crippen LogP contribution >= 0.6 is 0 Å². The van der Waals surface area contributed by atoms with Crippen LogP contribution in [0.2, 0.25) is 0 Å². The van der Waals surface area contributed by atoms with Crippen LogP contribution in [0.5, 0.6) is 5.75 Å². The number of hydrogen-bond acceptors (Lipinski definition) is 3. The third-order valence-corrected chi connectivity index (χ3v) is 9.19. The monoisotopic (exact) mass is 564 g/mol. The fourth-order valence-electron chi connectivity index (χ4n) is 6.45. The number of likely N-dealkylation sites (tertiary alicyclic amines) is 2. The summed E-state index contributed by atoms with van der Waals surface area (Å²) in [5.41, 5.74) is -1.00. The van der Waals surface area contributed by atoms with E-state index in [2.05, 4.69) is 0 Å². The van der Waals surface area contributed by atoms with E-state index in [0.29, 0.717) is 44.0 Å². The normalized spacial score (nSPS) is 21.9. The molecule has 218 valence electrons. The minimum absolute atomic E-state index is 0.00299. The van der Waals surface area contributed by atoms with Gasteiger partial charge in [0.1, 0.15) is 17.4 Å². The Balaban J connectivity index is 1.15. The van der Waals surface area contributed by atoms with Crippen molar-refractivity contribution in [3.63, 3.8) is 0 Å². The van der Waals surface area contributed by atoms with E-state index in [4.69, 9.17) is 4.74 Å². The topological polar surface area (TPSA) is 32.8 Å². The molecule has 2 heterocycles. The number of ether oxygens (including phenoxy) is 1. The number of alkyl halides is 3. The molecule has 2 aliphatic heterocycles. The van der Waals surface area contributed by atoms with E-state index in [1.807, 2.05) is 11.8 Å². The number of rotatable bonds is 8. The highest BCUT2D eigenvalue weighted by molar-refractivity contribution is 5.95. The van der Waals surface area contributed by atoms with Gasteiger partial charge in [0.25, 0.3) is 5.91 Å². The van der Waals surface area contributed by atoms with Crippen LogP contribution in [0.1, 0.15) is 68.6 Å². The van der Waals surface area contributed by atoms with Gasteiger partial charge in [-0.15, -0.1) is 0 Å². The second-order valence-corrected chi connectivity index (χ2v) is 11.7. The van der Waals surface area contributed by atoms with Crippen LogP contribution in [0.25, 0.3) is 11.1 Å². The Kier molecular flexibility index (Phi) is 8.41. The smallest absolute Gasteiger partial charge is 0.395 e. The lowest BCUT2D eigenvalue weighted by atomic mass is 9.67. The lowest BCUT2D eigenvalue weighted by molar-refractivity contribution is -0.256. The molecule has 0 spiro atoms. The Morgan fingerprint density at radius 1 is 0.975 bits per heavy atom. The highest BCUT2D eigenvalue weighted by atomic mass is 19.4. The number of carbonyl (C=O) groups excluding carboxylic acids is 1. The summed E-state index contributed by atoms with van der Waals surface area (Å²) in [6.07, 6.45) is 1.03. The molecule has 3 aliphatic rings. The summed E-state index contributed by atoms with van der Waals surface area (Å²) in [6.45, 7) is 4.26. The summed E-state index contributed by atoms with van der Waals surface area (Å²) >= 11 is 0. The minimum Gasteiger partial charge on any atom is -0.493 e. The molecule has 1 saturated carbocycles. The van der Waals surface area contributed by atoms with Gasteiger partial charge in [0, 0.05) is 30.8 Å². The number of nitrogens with zero attached hydrogens (tertiary/aromatic N) is 2. The first-order chi connectivity index (χ1) is 19.1. The molecule has 9 heteroatoms. The van der Waals surface area contributed by atoms with Crippen LogP contribution in [0, 0.1) is 23.0 Å².